The lowest BCUT2D eigenvalue weighted by Crippen LogP contribution is -2.46. The number of para-hydroxylation sites is 1. The molecule has 1 saturated heterocycles. The largest absolute Gasteiger partial charge is 0.415 e. The first-order chi connectivity index (χ1) is 13.1. The standard InChI is InChI=1S/C20H27N3O4/c24-18(19(25)22-16-6-4-5-7-16)21-14-15-10-12-23(13-11-15)20(26)27-17-8-2-1-3-9-17/h1-3,8-9,15-16H,4-7,10-14H2,(H,21,24)(H,22,25). The predicted octanol–water partition coefficient (Wildman–Crippen LogP) is 2.07. The third-order valence-corrected chi connectivity index (χ3v) is 5.27. The Morgan fingerprint density at radius 1 is 0.963 bits per heavy atom. The van der Waals surface area contributed by atoms with E-state index in [-0.39, 0.29) is 18.1 Å². The van der Waals surface area contributed by atoms with Crippen molar-refractivity contribution in [2.24, 2.45) is 5.92 Å². The lowest BCUT2D eigenvalue weighted by Gasteiger charge is -2.31. The molecule has 0 bridgehead atoms. The van der Waals surface area contributed by atoms with Gasteiger partial charge in [0.25, 0.3) is 0 Å². The highest BCUT2D eigenvalue weighted by molar-refractivity contribution is 6.35. The fourth-order valence-electron chi connectivity index (χ4n) is 3.61. The maximum Gasteiger partial charge on any atom is 0.415 e. The van der Waals surface area contributed by atoms with Gasteiger partial charge in [-0.25, -0.2) is 4.79 Å². The summed E-state index contributed by atoms with van der Waals surface area (Å²) in [7, 11) is 0. The summed E-state index contributed by atoms with van der Waals surface area (Å²) in [6.45, 7) is 1.62. The molecule has 1 aliphatic heterocycles. The molecule has 2 fully saturated rings. The van der Waals surface area contributed by atoms with Gasteiger partial charge in [0.1, 0.15) is 5.75 Å². The number of hydrogen-bond donors (Lipinski definition) is 2. The van der Waals surface area contributed by atoms with Crippen molar-refractivity contribution in [2.75, 3.05) is 19.6 Å². The second kappa shape index (κ2) is 9.39. The van der Waals surface area contributed by atoms with Crippen molar-refractivity contribution >= 4 is 17.9 Å². The van der Waals surface area contributed by atoms with Crippen LogP contribution in [-0.2, 0) is 9.59 Å². The Labute approximate surface area is 159 Å². The molecule has 0 radical (unpaired) electrons. The van der Waals surface area contributed by atoms with Crippen molar-refractivity contribution < 1.29 is 19.1 Å². The molecule has 1 aromatic rings. The third-order valence-electron chi connectivity index (χ3n) is 5.27. The van der Waals surface area contributed by atoms with Gasteiger partial charge in [0.15, 0.2) is 0 Å². The third kappa shape index (κ3) is 5.70. The molecular weight excluding hydrogens is 346 g/mol. The van der Waals surface area contributed by atoms with Crippen molar-refractivity contribution in [3.8, 4) is 5.75 Å². The van der Waals surface area contributed by atoms with Crippen molar-refractivity contribution in [2.45, 2.75) is 44.6 Å². The van der Waals surface area contributed by atoms with E-state index in [4.69, 9.17) is 4.74 Å². The molecule has 0 aromatic heterocycles. The molecule has 1 aromatic carbocycles. The summed E-state index contributed by atoms with van der Waals surface area (Å²) >= 11 is 0. The Morgan fingerprint density at radius 2 is 1.63 bits per heavy atom. The monoisotopic (exact) mass is 373 g/mol. The predicted molar refractivity (Wildman–Crippen MR) is 100 cm³/mol. The molecule has 0 atom stereocenters. The lowest BCUT2D eigenvalue weighted by atomic mass is 9.97. The number of carbonyl (C=O) groups excluding carboxylic acids is 3. The van der Waals surface area contributed by atoms with E-state index in [0.29, 0.717) is 25.4 Å². The first kappa shape index (κ1) is 19.2. The fourth-order valence-corrected chi connectivity index (χ4v) is 3.61. The van der Waals surface area contributed by atoms with Gasteiger partial charge in [0.05, 0.1) is 0 Å². The first-order valence-corrected chi connectivity index (χ1v) is 9.72. The van der Waals surface area contributed by atoms with Crippen LogP contribution in [0.15, 0.2) is 30.3 Å². The average molecular weight is 373 g/mol. The number of rotatable bonds is 4. The van der Waals surface area contributed by atoms with Crippen molar-refractivity contribution in [3.63, 3.8) is 0 Å². The molecule has 2 aliphatic rings. The van der Waals surface area contributed by atoms with E-state index in [0.717, 1.165) is 38.5 Å². The quantitative estimate of drug-likeness (QED) is 0.791. The fraction of sp³-hybridized carbons (Fsp3) is 0.550. The number of carbonyl (C=O) groups is 3. The van der Waals surface area contributed by atoms with Gasteiger partial charge in [-0.1, -0.05) is 31.0 Å². The van der Waals surface area contributed by atoms with Gasteiger partial charge in [0.2, 0.25) is 0 Å². The van der Waals surface area contributed by atoms with E-state index in [1.54, 1.807) is 17.0 Å². The van der Waals surface area contributed by atoms with Crippen LogP contribution in [0.5, 0.6) is 5.75 Å². The topological polar surface area (TPSA) is 87.7 Å². The van der Waals surface area contributed by atoms with Crippen LogP contribution in [0.25, 0.3) is 0 Å². The second-order valence-corrected chi connectivity index (χ2v) is 7.28. The Hall–Kier alpha value is -2.57. The van der Waals surface area contributed by atoms with E-state index < -0.39 is 11.8 Å². The van der Waals surface area contributed by atoms with E-state index in [9.17, 15) is 14.4 Å². The smallest absolute Gasteiger partial charge is 0.410 e. The summed E-state index contributed by atoms with van der Waals surface area (Å²) in [5, 5.41) is 5.52. The van der Waals surface area contributed by atoms with Crippen LogP contribution >= 0.6 is 0 Å². The molecule has 1 aliphatic carbocycles. The number of likely N-dealkylation sites (tertiary alicyclic amines) is 1. The highest BCUT2D eigenvalue weighted by atomic mass is 16.6. The van der Waals surface area contributed by atoms with Crippen molar-refractivity contribution in [3.05, 3.63) is 30.3 Å². The van der Waals surface area contributed by atoms with Crippen LogP contribution in [0.3, 0.4) is 0 Å². The minimum absolute atomic E-state index is 0.141. The van der Waals surface area contributed by atoms with Crippen LogP contribution < -0.4 is 15.4 Å². The Kier molecular flexibility index (Phi) is 6.68. The Balaban J connectivity index is 1.34. The number of ether oxygens (including phenoxy) is 1. The molecule has 3 amide bonds. The molecule has 7 heteroatoms. The van der Waals surface area contributed by atoms with Gasteiger partial charge in [-0.2, -0.15) is 0 Å². The van der Waals surface area contributed by atoms with Crippen LogP contribution in [0.4, 0.5) is 4.79 Å². The highest BCUT2D eigenvalue weighted by Crippen LogP contribution is 2.19. The molecule has 146 valence electrons. The highest BCUT2D eigenvalue weighted by Gasteiger charge is 2.26. The molecule has 27 heavy (non-hydrogen) atoms. The zero-order valence-corrected chi connectivity index (χ0v) is 15.5. The minimum Gasteiger partial charge on any atom is -0.410 e. The molecule has 0 spiro atoms. The Bertz CT molecular complexity index is 650. The van der Waals surface area contributed by atoms with E-state index in [2.05, 4.69) is 10.6 Å². The van der Waals surface area contributed by atoms with Gasteiger partial charge < -0.3 is 20.3 Å². The van der Waals surface area contributed by atoms with Crippen LogP contribution in [0, 0.1) is 5.92 Å². The summed E-state index contributed by atoms with van der Waals surface area (Å²) in [4.78, 5) is 37.7. The van der Waals surface area contributed by atoms with Crippen LogP contribution in [-0.4, -0.2) is 48.5 Å². The van der Waals surface area contributed by atoms with Gasteiger partial charge >= 0.3 is 17.9 Å². The van der Waals surface area contributed by atoms with Gasteiger partial charge in [-0.05, 0) is 43.7 Å². The average Bonchev–Trinajstić information content (AvgIpc) is 3.20. The van der Waals surface area contributed by atoms with Crippen LogP contribution in [0.2, 0.25) is 0 Å². The number of piperidine rings is 1. The molecule has 0 unspecified atom stereocenters. The zero-order chi connectivity index (χ0) is 19.1. The maximum atomic E-state index is 12.2. The number of benzene rings is 1. The summed E-state index contributed by atoms with van der Waals surface area (Å²) in [5.74, 6) is -0.308. The molecule has 3 rings (SSSR count). The van der Waals surface area contributed by atoms with Gasteiger partial charge in [0, 0.05) is 25.7 Å². The van der Waals surface area contributed by atoms with E-state index in [1.165, 1.54) is 0 Å². The van der Waals surface area contributed by atoms with E-state index in [1.807, 2.05) is 18.2 Å². The maximum absolute atomic E-state index is 12.2. The number of hydrogen-bond acceptors (Lipinski definition) is 4. The first-order valence-electron chi connectivity index (χ1n) is 9.72. The summed E-state index contributed by atoms with van der Waals surface area (Å²) in [6.07, 6.45) is 5.32. The Morgan fingerprint density at radius 3 is 2.30 bits per heavy atom. The summed E-state index contributed by atoms with van der Waals surface area (Å²) < 4.78 is 5.35. The summed E-state index contributed by atoms with van der Waals surface area (Å²) in [6, 6.07) is 9.14. The molecular formula is C20H27N3O4. The second-order valence-electron chi connectivity index (χ2n) is 7.28. The van der Waals surface area contributed by atoms with Crippen molar-refractivity contribution in [1.82, 2.24) is 15.5 Å². The molecule has 1 saturated carbocycles. The SMILES string of the molecule is O=C(NCC1CCN(C(=O)Oc2ccccc2)CC1)C(=O)NC1CCCC1. The van der Waals surface area contributed by atoms with Gasteiger partial charge in [-0.15, -0.1) is 0 Å². The molecule has 7 nitrogen and oxygen atoms in total. The minimum atomic E-state index is -0.562. The van der Waals surface area contributed by atoms with E-state index >= 15 is 0 Å². The number of amides is 3. The number of nitrogens with zero attached hydrogens (tertiary/aromatic N) is 1. The van der Waals surface area contributed by atoms with Crippen molar-refractivity contribution in [1.29, 1.82) is 0 Å². The summed E-state index contributed by atoms with van der Waals surface area (Å²) in [5.41, 5.74) is 0. The zero-order valence-electron chi connectivity index (χ0n) is 15.5. The molecule has 2 N–H and O–H groups in total. The normalized spacial score (nSPS) is 18.1. The molecule has 1 heterocycles. The van der Waals surface area contributed by atoms with Crippen LogP contribution in [0.1, 0.15) is 38.5 Å². The van der Waals surface area contributed by atoms with Gasteiger partial charge in [-0.3, -0.25) is 9.59 Å². The number of nitrogens with one attached hydrogen (secondary N) is 2. The lowest BCUT2D eigenvalue weighted by molar-refractivity contribution is -0.139.